The molecule has 1 aliphatic heterocycles. The Morgan fingerprint density at radius 1 is 1.28 bits per heavy atom. The average molecular weight is 364 g/mol. The number of rotatable bonds is 6. The standard InChI is InChI=1S/C17H18ClN3O4/c18-13-5-3-12(4-6-13)17(23)21(10-14-2-1-8-24-14)11-16(22)19-15-7-9-25-20-15/h3-7,9,14H,1-2,8,10-11H2,(H,19,20,22). The fourth-order valence-electron chi connectivity index (χ4n) is 2.66. The van der Waals surface area contributed by atoms with Gasteiger partial charge >= 0.3 is 0 Å². The second kappa shape index (κ2) is 8.13. The summed E-state index contributed by atoms with van der Waals surface area (Å²) in [7, 11) is 0. The van der Waals surface area contributed by atoms with Crippen LogP contribution in [0.5, 0.6) is 0 Å². The van der Waals surface area contributed by atoms with Crippen molar-refractivity contribution >= 4 is 29.2 Å². The van der Waals surface area contributed by atoms with Crippen LogP contribution in [0.3, 0.4) is 0 Å². The third-order valence-corrected chi connectivity index (χ3v) is 4.12. The van der Waals surface area contributed by atoms with Crippen molar-refractivity contribution in [2.45, 2.75) is 18.9 Å². The van der Waals surface area contributed by atoms with Gasteiger partial charge in [0, 0.05) is 29.8 Å². The highest BCUT2D eigenvalue weighted by molar-refractivity contribution is 6.30. The minimum absolute atomic E-state index is 0.0592. The van der Waals surface area contributed by atoms with Crippen LogP contribution in [0.4, 0.5) is 5.82 Å². The Labute approximate surface area is 149 Å². The lowest BCUT2D eigenvalue weighted by Gasteiger charge is -2.25. The van der Waals surface area contributed by atoms with Crippen molar-refractivity contribution in [1.29, 1.82) is 0 Å². The van der Waals surface area contributed by atoms with Crippen molar-refractivity contribution in [3.8, 4) is 0 Å². The normalized spacial score (nSPS) is 16.6. The summed E-state index contributed by atoms with van der Waals surface area (Å²) < 4.78 is 10.3. The first-order valence-corrected chi connectivity index (χ1v) is 8.36. The van der Waals surface area contributed by atoms with Gasteiger partial charge in [0.1, 0.15) is 12.8 Å². The first-order chi connectivity index (χ1) is 12.1. The maximum absolute atomic E-state index is 12.8. The molecular weight excluding hydrogens is 346 g/mol. The Balaban J connectivity index is 1.70. The van der Waals surface area contributed by atoms with Crippen LogP contribution >= 0.6 is 11.6 Å². The number of hydrogen-bond acceptors (Lipinski definition) is 5. The van der Waals surface area contributed by atoms with E-state index >= 15 is 0 Å². The van der Waals surface area contributed by atoms with Crippen molar-refractivity contribution in [2.75, 3.05) is 25.0 Å². The number of carbonyl (C=O) groups excluding carboxylic acids is 2. The Kier molecular flexibility index (Phi) is 5.67. The van der Waals surface area contributed by atoms with E-state index in [4.69, 9.17) is 16.3 Å². The van der Waals surface area contributed by atoms with Gasteiger partial charge in [-0.3, -0.25) is 9.59 Å². The van der Waals surface area contributed by atoms with Crippen LogP contribution in [0.1, 0.15) is 23.2 Å². The predicted molar refractivity (Wildman–Crippen MR) is 91.5 cm³/mol. The highest BCUT2D eigenvalue weighted by Crippen LogP contribution is 2.16. The lowest BCUT2D eigenvalue weighted by atomic mass is 10.1. The van der Waals surface area contributed by atoms with Gasteiger partial charge in [0.05, 0.1) is 6.10 Å². The van der Waals surface area contributed by atoms with E-state index in [0.717, 1.165) is 12.8 Å². The van der Waals surface area contributed by atoms with Gasteiger partial charge in [-0.25, -0.2) is 0 Å². The number of hydrogen-bond donors (Lipinski definition) is 1. The van der Waals surface area contributed by atoms with Gasteiger partial charge in [0.15, 0.2) is 5.82 Å². The van der Waals surface area contributed by atoms with Gasteiger partial charge in [-0.1, -0.05) is 16.8 Å². The SMILES string of the molecule is O=C(CN(CC1CCCO1)C(=O)c1ccc(Cl)cc1)Nc1ccon1. The predicted octanol–water partition coefficient (Wildman–Crippen LogP) is 2.59. The van der Waals surface area contributed by atoms with Crippen LogP contribution in [0, 0.1) is 0 Å². The van der Waals surface area contributed by atoms with Gasteiger partial charge in [0.2, 0.25) is 5.91 Å². The topological polar surface area (TPSA) is 84.7 Å². The second-order valence-electron chi connectivity index (χ2n) is 5.76. The summed E-state index contributed by atoms with van der Waals surface area (Å²) in [5, 5.41) is 6.77. The zero-order valence-corrected chi connectivity index (χ0v) is 14.2. The maximum Gasteiger partial charge on any atom is 0.254 e. The van der Waals surface area contributed by atoms with Gasteiger partial charge in [-0.15, -0.1) is 0 Å². The number of ether oxygens (including phenoxy) is 1. The van der Waals surface area contributed by atoms with Gasteiger partial charge < -0.3 is 19.5 Å². The van der Waals surface area contributed by atoms with Gasteiger partial charge in [0.25, 0.3) is 5.91 Å². The van der Waals surface area contributed by atoms with E-state index in [2.05, 4.69) is 15.0 Å². The first-order valence-electron chi connectivity index (χ1n) is 7.98. The van der Waals surface area contributed by atoms with Crippen LogP contribution < -0.4 is 5.32 Å². The molecule has 0 bridgehead atoms. The fourth-order valence-corrected chi connectivity index (χ4v) is 2.79. The molecule has 0 radical (unpaired) electrons. The van der Waals surface area contributed by atoms with Crippen molar-refractivity contribution in [2.24, 2.45) is 0 Å². The molecule has 2 amide bonds. The molecule has 25 heavy (non-hydrogen) atoms. The Hall–Kier alpha value is -2.38. The molecular formula is C17H18ClN3O4. The third-order valence-electron chi connectivity index (χ3n) is 3.87. The number of nitrogens with zero attached hydrogens (tertiary/aromatic N) is 2. The molecule has 1 aromatic heterocycles. The van der Waals surface area contributed by atoms with Crippen molar-refractivity contribution in [3.63, 3.8) is 0 Å². The summed E-state index contributed by atoms with van der Waals surface area (Å²) in [5.41, 5.74) is 0.469. The quantitative estimate of drug-likeness (QED) is 0.852. The second-order valence-corrected chi connectivity index (χ2v) is 6.20. The smallest absolute Gasteiger partial charge is 0.254 e. The number of benzene rings is 1. The highest BCUT2D eigenvalue weighted by Gasteiger charge is 2.25. The monoisotopic (exact) mass is 363 g/mol. The number of anilines is 1. The lowest BCUT2D eigenvalue weighted by molar-refractivity contribution is -0.117. The summed E-state index contributed by atoms with van der Waals surface area (Å²) >= 11 is 5.87. The molecule has 0 aliphatic carbocycles. The number of amides is 2. The molecule has 0 saturated carbocycles. The zero-order valence-electron chi connectivity index (χ0n) is 13.5. The summed E-state index contributed by atoms with van der Waals surface area (Å²) in [6.45, 7) is 0.931. The maximum atomic E-state index is 12.8. The van der Waals surface area contributed by atoms with E-state index in [1.165, 1.54) is 17.2 Å². The molecule has 1 fully saturated rings. The molecule has 2 heterocycles. The van der Waals surface area contributed by atoms with E-state index in [1.54, 1.807) is 24.3 Å². The van der Waals surface area contributed by atoms with E-state index < -0.39 is 0 Å². The highest BCUT2D eigenvalue weighted by atomic mass is 35.5. The van der Waals surface area contributed by atoms with E-state index in [1.807, 2.05) is 0 Å². The molecule has 1 atom stereocenters. The van der Waals surface area contributed by atoms with Gasteiger partial charge in [-0.2, -0.15) is 0 Å². The summed E-state index contributed by atoms with van der Waals surface area (Å²) in [5.74, 6) is -0.294. The first kappa shape index (κ1) is 17.4. The Bertz CT molecular complexity index is 712. The lowest BCUT2D eigenvalue weighted by Crippen LogP contribution is -2.42. The molecule has 1 unspecified atom stereocenters. The van der Waals surface area contributed by atoms with Crippen LogP contribution in [-0.4, -0.2) is 47.7 Å². The summed E-state index contributed by atoms with van der Waals surface area (Å²) in [6, 6.07) is 8.11. The average Bonchev–Trinajstić information content (AvgIpc) is 3.28. The molecule has 1 aromatic carbocycles. The molecule has 3 rings (SSSR count). The number of halogens is 1. The Morgan fingerprint density at radius 2 is 2.08 bits per heavy atom. The molecule has 1 N–H and O–H groups in total. The molecule has 7 nitrogen and oxygen atoms in total. The summed E-state index contributed by atoms with van der Waals surface area (Å²) in [4.78, 5) is 26.5. The molecule has 8 heteroatoms. The van der Waals surface area contributed by atoms with E-state index in [0.29, 0.717) is 29.6 Å². The third kappa shape index (κ3) is 4.80. The zero-order chi connectivity index (χ0) is 17.6. The number of carbonyl (C=O) groups is 2. The van der Waals surface area contributed by atoms with E-state index in [9.17, 15) is 9.59 Å². The molecule has 1 saturated heterocycles. The van der Waals surface area contributed by atoms with Crippen LogP contribution in [0.25, 0.3) is 0 Å². The van der Waals surface area contributed by atoms with E-state index in [-0.39, 0.29) is 24.5 Å². The molecule has 0 spiro atoms. The van der Waals surface area contributed by atoms with Crippen LogP contribution in [-0.2, 0) is 9.53 Å². The summed E-state index contributed by atoms with van der Waals surface area (Å²) in [6.07, 6.45) is 3.13. The molecule has 1 aliphatic rings. The molecule has 2 aromatic rings. The van der Waals surface area contributed by atoms with Crippen molar-refractivity contribution < 1.29 is 18.8 Å². The number of aromatic nitrogens is 1. The minimum Gasteiger partial charge on any atom is -0.376 e. The fraction of sp³-hybridized carbons (Fsp3) is 0.353. The Morgan fingerprint density at radius 3 is 2.72 bits per heavy atom. The van der Waals surface area contributed by atoms with Crippen LogP contribution in [0.15, 0.2) is 41.1 Å². The van der Waals surface area contributed by atoms with Crippen molar-refractivity contribution in [3.05, 3.63) is 47.2 Å². The van der Waals surface area contributed by atoms with Crippen molar-refractivity contribution in [1.82, 2.24) is 10.1 Å². The largest absolute Gasteiger partial charge is 0.376 e. The van der Waals surface area contributed by atoms with Crippen LogP contribution in [0.2, 0.25) is 5.02 Å². The molecule has 132 valence electrons. The number of nitrogens with one attached hydrogen (secondary N) is 1. The van der Waals surface area contributed by atoms with Gasteiger partial charge in [-0.05, 0) is 37.1 Å². The minimum atomic E-state index is -0.353.